The van der Waals surface area contributed by atoms with E-state index in [0.29, 0.717) is 11.3 Å². The van der Waals surface area contributed by atoms with Gasteiger partial charge in [0.1, 0.15) is 11.8 Å². The molecular formula is C27H39N3O10P2. The largest absolute Gasteiger partial charge is 0.490 e. The van der Waals surface area contributed by atoms with Crippen LogP contribution in [0.5, 0.6) is 5.75 Å². The maximum atomic E-state index is 13.9. The van der Waals surface area contributed by atoms with Crippen molar-refractivity contribution in [2.24, 2.45) is 11.1 Å². The first-order valence-corrected chi connectivity index (χ1v) is 16.4. The van der Waals surface area contributed by atoms with Crippen LogP contribution in [0, 0.1) is 5.41 Å². The Bertz CT molecular complexity index is 1370. The summed E-state index contributed by atoms with van der Waals surface area (Å²) in [6.07, 6.45) is -0.301. The Morgan fingerprint density at radius 2 is 1.52 bits per heavy atom. The summed E-state index contributed by atoms with van der Waals surface area (Å²) >= 11 is 0. The predicted molar refractivity (Wildman–Crippen MR) is 157 cm³/mol. The number of nitrogens with zero attached hydrogens (tertiary/aromatic N) is 1. The number of primary amides is 1. The molecule has 1 unspecified atom stereocenters. The molecule has 3 amide bonds. The summed E-state index contributed by atoms with van der Waals surface area (Å²) in [5, 5.41) is 0.417. The van der Waals surface area contributed by atoms with Crippen LogP contribution in [0.4, 0.5) is 5.69 Å². The van der Waals surface area contributed by atoms with E-state index < -0.39 is 49.8 Å². The van der Waals surface area contributed by atoms with E-state index in [2.05, 4.69) is 5.32 Å². The number of hydrogen-bond acceptors (Lipinski definition) is 6. The number of nitrogens with one attached hydrogen (secondary N) is 1. The molecule has 0 aliphatic heterocycles. The number of ether oxygens (including phenoxy) is 1. The van der Waals surface area contributed by atoms with Crippen molar-refractivity contribution in [3.05, 3.63) is 59.2 Å². The molecule has 0 aliphatic rings. The highest BCUT2D eigenvalue weighted by Gasteiger charge is 2.44. The monoisotopic (exact) mass is 627 g/mol. The Kier molecular flexibility index (Phi) is 11.3. The van der Waals surface area contributed by atoms with Gasteiger partial charge in [-0.2, -0.15) is 0 Å². The number of anilines is 1. The first-order valence-electron chi connectivity index (χ1n) is 13.1. The maximum absolute atomic E-state index is 13.9. The maximum Gasteiger partial charge on any atom is 0.345 e. The highest BCUT2D eigenvalue weighted by atomic mass is 31.2. The summed E-state index contributed by atoms with van der Waals surface area (Å²) in [5.74, 6) is -1.44. The Labute approximate surface area is 244 Å². The van der Waals surface area contributed by atoms with Crippen LogP contribution in [-0.2, 0) is 25.1 Å². The van der Waals surface area contributed by atoms with Crippen LogP contribution in [0.3, 0.4) is 0 Å². The third-order valence-corrected chi connectivity index (χ3v) is 9.80. The van der Waals surface area contributed by atoms with E-state index in [0.717, 1.165) is 12.1 Å². The van der Waals surface area contributed by atoms with Gasteiger partial charge in [0.25, 0.3) is 5.91 Å². The van der Waals surface area contributed by atoms with Crippen LogP contribution in [0.1, 0.15) is 68.4 Å². The first kappa shape index (κ1) is 35.1. The second-order valence-corrected chi connectivity index (χ2v) is 14.9. The van der Waals surface area contributed by atoms with E-state index in [1.807, 2.05) is 0 Å². The average Bonchev–Trinajstić information content (AvgIpc) is 2.83. The topological polar surface area (TPSA) is 217 Å². The van der Waals surface area contributed by atoms with Crippen molar-refractivity contribution in [2.45, 2.75) is 65.5 Å². The second-order valence-electron chi connectivity index (χ2n) is 11.1. The first-order chi connectivity index (χ1) is 19.2. The molecule has 0 heterocycles. The van der Waals surface area contributed by atoms with Crippen molar-refractivity contribution in [3.63, 3.8) is 0 Å². The third kappa shape index (κ3) is 9.22. The van der Waals surface area contributed by atoms with Gasteiger partial charge < -0.3 is 40.3 Å². The Hall–Kier alpha value is -3.05. The van der Waals surface area contributed by atoms with E-state index in [1.54, 1.807) is 47.6 Å². The van der Waals surface area contributed by atoms with Crippen molar-refractivity contribution in [1.82, 2.24) is 5.32 Å². The fourth-order valence-corrected chi connectivity index (χ4v) is 6.80. The minimum absolute atomic E-state index is 0.0643. The van der Waals surface area contributed by atoms with Crippen LogP contribution >= 0.6 is 15.2 Å². The molecule has 0 saturated carbocycles. The van der Waals surface area contributed by atoms with Gasteiger partial charge in [-0.15, -0.1) is 0 Å². The molecule has 42 heavy (non-hydrogen) atoms. The minimum atomic E-state index is -5.21. The van der Waals surface area contributed by atoms with Crippen LogP contribution in [-0.4, -0.2) is 56.0 Å². The summed E-state index contributed by atoms with van der Waals surface area (Å²) in [4.78, 5) is 78.4. The number of carbonyl (C=O) groups excluding carboxylic acids is 3. The van der Waals surface area contributed by atoms with Gasteiger partial charge in [-0.05, 0) is 50.1 Å². The molecule has 0 spiro atoms. The number of hydrogen-bond donors (Lipinski definition) is 6. The molecule has 0 fully saturated rings. The molecule has 0 aromatic heterocycles. The van der Waals surface area contributed by atoms with E-state index in [1.165, 1.54) is 29.2 Å². The molecule has 2 rings (SSSR count). The molecular weight excluding hydrogens is 588 g/mol. The lowest BCUT2D eigenvalue weighted by atomic mass is 9.94. The lowest BCUT2D eigenvalue weighted by molar-refractivity contribution is -0.132. The normalized spacial score (nSPS) is 13.1. The molecule has 0 saturated heterocycles. The van der Waals surface area contributed by atoms with Gasteiger partial charge in [0.05, 0.1) is 11.7 Å². The van der Waals surface area contributed by atoms with Crippen LogP contribution in [0.2, 0.25) is 0 Å². The number of amides is 3. The Morgan fingerprint density at radius 1 is 0.976 bits per heavy atom. The van der Waals surface area contributed by atoms with E-state index in [9.17, 15) is 43.1 Å². The molecule has 0 radical (unpaired) electrons. The van der Waals surface area contributed by atoms with E-state index >= 15 is 0 Å². The predicted octanol–water partition coefficient (Wildman–Crippen LogP) is 3.05. The fraction of sp³-hybridized carbons (Fsp3) is 0.444. The summed E-state index contributed by atoms with van der Waals surface area (Å²) in [7, 11) is -10.4. The number of nitrogens with two attached hydrogens (primary N) is 1. The van der Waals surface area contributed by atoms with Crippen molar-refractivity contribution >= 4 is 38.6 Å². The third-order valence-electron chi connectivity index (χ3n) is 6.12. The average molecular weight is 628 g/mol. The van der Waals surface area contributed by atoms with Crippen molar-refractivity contribution < 1.29 is 47.8 Å². The van der Waals surface area contributed by atoms with Gasteiger partial charge in [-0.1, -0.05) is 45.0 Å². The Morgan fingerprint density at radius 3 is 1.95 bits per heavy atom. The van der Waals surface area contributed by atoms with Gasteiger partial charge in [0.15, 0.2) is 5.40 Å². The SMILES string of the molecule is CCN(C(=O)C(Cc1ccc(C(P(=O)(O)O)P(=O)(O)O)cc1)NC(=O)C(C)(C)C)c1ccc(OC(C)C)c(C(N)=O)c1. The summed E-state index contributed by atoms with van der Waals surface area (Å²) in [6, 6.07) is 8.51. The van der Waals surface area contributed by atoms with E-state index in [4.69, 9.17) is 10.5 Å². The number of likely N-dealkylation sites (N-methyl/N-ethyl adjacent to an activating group) is 1. The number of benzene rings is 2. The minimum Gasteiger partial charge on any atom is -0.490 e. The lowest BCUT2D eigenvalue weighted by Gasteiger charge is -2.30. The standard InChI is InChI=1S/C27H39N3O10P2/c1-7-30(19-12-13-22(40-16(2)3)20(15-19)23(28)31)24(32)21(29-26(33)27(4,5)6)14-17-8-10-18(11-9-17)25(41(34,35)36)42(37,38)39/h8-13,15-16,21,25H,7,14H2,1-6H3,(H2,28,31)(H,29,33)(H2,34,35,36)(H2,37,38,39). The Balaban J connectivity index is 2.50. The zero-order chi connectivity index (χ0) is 32.2. The van der Waals surface area contributed by atoms with Crippen LogP contribution in [0.25, 0.3) is 0 Å². The van der Waals surface area contributed by atoms with Crippen molar-refractivity contribution in [3.8, 4) is 5.75 Å². The summed E-state index contributed by atoms with van der Waals surface area (Å²) in [5.41, 5.74) is 5.28. The zero-order valence-electron chi connectivity index (χ0n) is 24.3. The van der Waals surface area contributed by atoms with Crippen LogP contribution in [0.15, 0.2) is 42.5 Å². The van der Waals surface area contributed by atoms with Gasteiger partial charge in [0.2, 0.25) is 11.8 Å². The summed E-state index contributed by atoms with van der Waals surface area (Å²) in [6.45, 7) is 10.5. The highest BCUT2D eigenvalue weighted by molar-refractivity contribution is 7.70. The fourth-order valence-electron chi connectivity index (χ4n) is 4.11. The van der Waals surface area contributed by atoms with Crippen molar-refractivity contribution in [2.75, 3.05) is 11.4 Å². The quantitative estimate of drug-likeness (QED) is 0.189. The number of carbonyl (C=O) groups is 3. The molecule has 2 aromatic carbocycles. The second kappa shape index (κ2) is 13.5. The zero-order valence-corrected chi connectivity index (χ0v) is 26.1. The highest BCUT2D eigenvalue weighted by Crippen LogP contribution is 2.69. The molecule has 232 valence electrons. The molecule has 1 atom stereocenters. The molecule has 13 nitrogen and oxygen atoms in total. The van der Waals surface area contributed by atoms with Gasteiger partial charge in [0, 0.05) is 24.1 Å². The van der Waals surface area contributed by atoms with Gasteiger partial charge in [-0.25, -0.2) is 0 Å². The van der Waals surface area contributed by atoms with Crippen molar-refractivity contribution in [1.29, 1.82) is 0 Å². The molecule has 0 aliphatic carbocycles. The van der Waals surface area contributed by atoms with Gasteiger partial charge >= 0.3 is 15.2 Å². The smallest absolute Gasteiger partial charge is 0.345 e. The lowest BCUT2D eigenvalue weighted by Crippen LogP contribution is -2.52. The number of rotatable bonds is 12. The van der Waals surface area contributed by atoms with Gasteiger partial charge in [-0.3, -0.25) is 23.5 Å². The molecule has 0 bridgehead atoms. The summed E-state index contributed by atoms with van der Waals surface area (Å²) < 4.78 is 29.3. The molecule has 15 heteroatoms. The molecule has 2 aromatic rings. The van der Waals surface area contributed by atoms with Crippen LogP contribution < -0.4 is 20.7 Å². The van der Waals surface area contributed by atoms with E-state index in [-0.39, 0.29) is 35.9 Å². The molecule has 7 N–H and O–H groups in total.